The Kier molecular flexibility index (Phi) is 6.73. The third-order valence-corrected chi connectivity index (χ3v) is 4.68. The molecule has 3 rings (SSSR count). The van der Waals surface area contributed by atoms with E-state index in [0.29, 0.717) is 27.2 Å². The van der Waals surface area contributed by atoms with E-state index in [0.717, 1.165) is 4.90 Å². The van der Waals surface area contributed by atoms with Gasteiger partial charge in [0.25, 0.3) is 5.91 Å². The summed E-state index contributed by atoms with van der Waals surface area (Å²) in [4.78, 5) is 37.6. The number of benzene rings is 2. The van der Waals surface area contributed by atoms with Gasteiger partial charge in [0.15, 0.2) is 18.1 Å². The highest BCUT2D eigenvalue weighted by Crippen LogP contribution is 2.37. The number of para-hydroxylation sites is 1. The Hall–Kier alpha value is -3.33. The van der Waals surface area contributed by atoms with Crippen molar-refractivity contribution in [3.8, 4) is 11.5 Å². The summed E-state index contributed by atoms with van der Waals surface area (Å²) in [7, 11) is 1.45. The molecule has 1 aliphatic heterocycles. The van der Waals surface area contributed by atoms with Crippen molar-refractivity contribution >= 4 is 45.6 Å². The zero-order valence-corrected chi connectivity index (χ0v) is 17.9. The number of carbonyl (C=O) groups excluding carboxylic acids is 3. The van der Waals surface area contributed by atoms with Crippen LogP contribution in [0.3, 0.4) is 0 Å². The average molecular weight is 475 g/mol. The second-order valence-corrected chi connectivity index (χ2v) is 6.95. The Morgan fingerprint density at radius 3 is 2.60 bits per heavy atom. The molecule has 1 N–H and O–H groups in total. The van der Waals surface area contributed by atoms with E-state index in [4.69, 9.17) is 14.2 Å². The molecule has 0 aromatic heterocycles. The summed E-state index contributed by atoms with van der Waals surface area (Å²) in [5.41, 5.74) is 1.18. The smallest absolute Gasteiger partial charge is 0.344 e. The molecule has 0 unspecified atom stereocenters. The van der Waals surface area contributed by atoms with E-state index in [1.54, 1.807) is 49.4 Å². The fourth-order valence-electron chi connectivity index (χ4n) is 2.81. The van der Waals surface area contributed by atoms with Crippen molar-refractivity contribution < 1.29 is 28.6 Å². The second-order valence-electron chi connectivity index (χ2n) is 6.09. The predicted octanol–water partition coefficient (Wildman–Crippen LogP) is 3.50. The fraction of sp³-hybridized carbons (Fsp3) is 0.190. The van der Waals surface area contributed by atoms with Crippen molar-refractivity contribution in [2.45, 2.75) is 6.92 Å². The minimum absolute atomic E-state index is 0.123. The van der Waals surface area contributed by atoms with E-state index in [1.807, 2.05) is 0 Å². The lowest BCUT2D eigenvalue weighted by molar-refractivity contribution is -0.145. The number of amides is 3. The van der Waals surface area contributed by atoms with Crippen LogP contribution in [0, 0.1) is 0 Å². The third-order valence-electron chi connectivity index (χ3n) is 4.10. The highest BCUT2D eigenvalue weighted by molar-refractivity contribution is 9.10. The van der Waals surface area contributed by atoms with Crippen molar-refractivity contribution in [1.29, 1.82) is 0 Å². The van der Waals surface area contributed by atoms with E-state index in [-0.39, 0.29) is 18.9 Å². The molecule has 156 valence electrons. The van der Waals surface area contributed by atoms with Gasteiger partial charge >= 0.3 is 12.0 Å². The van der Waals surface area contributed by atoms with Crippen LogP contribution in [-0.2, 0) is 14.3 Å². The van der Waals surface area contributed by atoms with E-state index < -0.39 is 17.9 Å². The lowest BCUT2D eigenvalue weighted by Gasteiger charge is -2.13. The number of anilines is 1. The number of carbonyl (C=O) groups is 3. The van der Waals surface area contributed by atoms with Crippen molar-refractivity contribution in [1.82, 2.24) is 5.32 Å². The van der Waals surface area contributed by atoms with Crippen LogP contribution in [0.5, 0.6) is 11.5 Å². The molecule has 2 aromatic rings. The first kappa shape index (κ1) is 21.4. The molecule has 0 saturated carbocycles. The minimum Gasteiger partial charge on any atom is -0.493 e. The van der Waals surface area contributed by atoms with Gasteiger partial charge in [-0.3, -0.25) is 4.79 Å². The Morgan fingerprint density at radius 2 is 1.93 bits per heavy atom. The molecule has 9 heteroatoms. The van der Waals surface area contributed by atoms with Gasteiger partial charge in [-0.05, 0) is 58.8 Å². The molecule has 0 aliphatic carbocycles. The van der Waals surface area contributed by atoms with Crippen LogP contribution in [0.25, 0.3) is 6.08 Å². The number of halogens is 1. The zero-order chi connectivity index (χ0) is 21.7. The van der Waals surface area contributed by atoms with Crippen LogP contribution in [0.1, 0.15) is 12.5 Å². The molecule has 3 amide bonds. The van der Waals surface area contributed by atoms with Crippen molar-refractivity contribution in [2.75, 3.05) is 25.2 Å². The Morgan fingerprint density at radius 1 is 1.20 bits per heavy atom. The Balaban J connectivity index is 1.85. The molecule has 2 aromatic carbocycles. The van der Waals surface area contributed by atoms with E-state index in [2.05, 4.69) is 21.2 Å². The topological polar surface area (TPSA) is 94.2 Å². The highest BCUT2D eigenvalue weighted by Gasteiger charge is 2.34. The second kappa shape index (κ2) is 9.45. The first-order valence-corrected chi connectivity index (χ1v) is 9.82. The van der Waals surface area contributed by atoms with Gasteiger partial charge in [-0.2, -0.15) is 0 Å². The molecular formula is C21H19BrN2O6. The van der Waals surface area contributed by atoms with Gasteiger partial charge in [0.1, 0.15) is 5.70 Å². The molecular weight excluding hydrogens is 456 g/mol. The van der Waals surface area contributed by atoms with Crippen molar-refractivity contribution in [3.05, 3.63) is 58.2 Å². The summed E-state index contributed by atoms with van der Waals surface area (Å²) in [6.07, 6.45) is 1.53. The maximum Gasteiger partial charge on any atom is 0.344 e. The third kappa shape index (κ3) is 4.62. The number of nitrogens with zero attached hydrogens (tertiary/aromatic N) is 1. The summed E-state index contributed by atoms with van der Waals surface area (Å²) in [6.45, 7) is 1.69. The van der Waals surface area contributed by atoms with Gasteiger partial charge in [0.05, 0.1) is 23.9 Å². The summed E-state index contributed by atoms with van der Waals surface area (Å²) in [5.74, 6) is -0.306. The van der Waals surface area contributed by atoms with Crippen LogP contribution in [-0.4, -0.2) is 38.2 Å². The maximum absolute atomic E-state index is 12.7. The van der Waals surface area contributed by atoms with Crippen LogP contribution in [0.15, 0.2) is 52.6 Å². The SMILES string of the molecule is CCOC(=O)COc1c(Br)cc(/C=C2\NC(=O)N(c3ccccc3)C2=O)cc1OC. The van der Waals surface area contributed by atoms with Crippen LogP contribution < -0.4 is 19.7 Å². The number of imide groups is 1. The average Bonchev–Trinajstić information content (AvgIpc) is 3.00. The summed E-state index contributed by atoms with van der Waals surface area (Å²) >= 11 is 3.38. The molecule has 1 saturated heterocycles. The molecule has 1 heterocycles. The largest absolute Gasteiger partial charge is 0.493 e. The van der Waals surface area contributed by atoms with E-state index >= 15 is 0 Å². The summed E-state index contributed by atoms with van der Waals surface area (Å²) in [6, 6.07) is 11.4. The van der Waals surface area contributed by atoms with Crippen molar-refractivity contribution in [2.24, 2.45) is 0 Å². The molecule has 8 nitrogen and oxygen atoms in total. The number of hydrogen-bond acceptors (Lipinski definition) is 6. The van der Waals surface area contributed by atoms with Gasteiger partial charge in [0.2, 0.25) is 0 Å². The molecule has 1 fully saturated rings. The number of methoxy groups -OCH3 is 1. The number of rotatable bonds is 7. The van der Waals surface area contributed by atoms with E-state index in [9.17, 15) is 14.4 Å². The van der Waals surface area contributed by atoms with Crippen LogP contribution >= 0.6 is 15.9 Å². The number of hydrogen-bond donors (Lipinski definition) is 1. The summed E-state index contributed by atoms with van der Waals surface area (Å²) < 4.78 is 16.2. The molecule has 0 radical (unpaired) electrons. The number of nitrogens with one attached hydrogen (secondary N) is 1. The fourth-order valence-corrected chi connectivity index (χ4v) is 3.38. The monoisotopic (exact) mass is 474 g/mol. The lowest BCUT2D eigenvalue weighted by atomic mass is 10.1. The standard InChI is InChI=1S/C21H19BrN2O6/c1-3-29-18(25)12-30-19-15(22)9-13(11-17(19)28-2)10-16-20(26)24(21(27)23-16)14-7-5-4-6-8-14/h4-11H,3,12H2,1-2H3,(H,23,27)/b16-10-. The molecule has 0 spiro atoms. The Bertz CT molecular complexity index is 1010. The van der Waals surface area contributed by atoms with Gasteiger partial charge in [-0.15, -0.1) is 0 Å². The molecule has 30 heavy (non-hydrogen) atoms. The molecule has 0 atom stereocenters. The van der Waals surface area contributed by atoms with E-state index in [1.165, 1.54) is 13.2 Å². The number of esters is 1. The van der Waals surface area contributed by atoms with Crippen LogP contribution in [0.4, 0.5) is 10.5 Å². The minimum atomic E-state index is -0.530. The quantitative estimate of drug-likeness (QED) is 0.375. The maximum atomic E-state index is 12.7. The summed E-state index contributed by atoms with van der Waals surface area (Å²) in [5, 5.41) is 2.58. The first-order valence-electron chi connectivity index (χ1n) is 9.02. The predicted molar refractivity (Wildman–Crippen MR) is 113 cm³/mol. The Labute approximate surface area is 181 Å². The molecule has 0 bridgehead atoms. The first-order chi connectivity index (χ1) is 14.4. The number of urea groups is 1. The van der Waals surface area contributed by atoms with Gasteiger partial charge in [-0.1, -0.05) is 18.2 Å². The highest BCUT2D eigenvalue weighted by atomic mass is 79.9. The molecule has 1 aliphatic rings. The van der Waals surface area contributed by atoms with Crippen molar-refractivity contribution in [3.63, 3.8) is 0 Å². The normalized spacial score (nSPS) is 14.6. The van der Waals surface area contributed by atoms with Gasteiger partial charge in [-0.25, -0.2) is 14.5 Å². The number of ether oxygens (including phenoxy) is 3. The van der Waals surface area contributed by atoms with Gasteiger partial charge in [0, 0.05) is 0 Å². The van der Waals surface area contributed by atoms with Crippen LogP contribution in [0.2, 0.25) is 0 Å². The lowest BCUT2D eigenvalue weighted by Crippen LogP contribution is -2.30. The van der Waals surface area contributed by atoms with Gasteiger partial charge < -0.3 is 19.5 Å². The zero-order valence-electron chi connectivity index (χ0n) is 16.3.